The lowest BCUT2D eigenvalue weighted by Crippen LogP contribution is -1.76. The summed E-state index contributed by atoms with van der Waals surface area (Å²) in [5.41, 5.74) is 0. The highest BCUT2D eigenvalue weighted by Crippen LogP contribution is 2.12. The Balaban J connectivity index is 0. The minimum absolute atomic E-state index is 0.311. The average molecular weight is 179 g/mol. The molecule has 1 N–H and O–H groups in total. The first-order valence-electron chi connectivity index (χ1n) is 3.41. The van der Waals surface area contributed by atoms with E-state index in [0.717, 1.165) is 0 Å². The molecule has 11 heavy (non-hydrogen) atoms. The van der Waals surface area contributed by atoms with Gasteiger partial charge in [-0.3, -0.25) is 9.09 Å². The van der Waals surface area contributed by atoms with Crippen LogP contribution in [0, 0.1) is 11.3 Å². The summed E-state index contributed by atoms with van der Waals surface area (Å²) in [6.45, 7) is 4.05. The summed E-state index contributed by atoms with van der Waals surface area (Å²) in [5.74, 6) is 0. The molecule has 0 saturated carbocycles. The van der Waals surface area contributed by atoms with Crippen LogP contribution < -0.4 is 0 Å². The molecule has 0 spiro atoms. The number of hydrogen-bond acceptors (Lipinski definition) is 3. The molecule has 0 aromatic rings. The zero-order valence-electron chi connectivity index (χ0n) is 6.83. The lowest BCUT2D eigenvalue weighted by Gasteiger charge is -1.84. The molecular weight excluding hydrogens is 165 g/mol. The highest BCUT2D eigenvalue weighted by molar-refractivity contribution is 7.32. The Morgan fingerprint density at radius 1 is 1.55 bits per heavy atom. The molecule has 1 atom stereocenters. The molecule has 0 aromatic heterocycles. The third-order valence-corrected chi connectivity index (χ3v) is 1.15. The van der Waals surface area contributed by atoms with Crippen LogP contribution in [0.4, 0.5) is 0 Å². The van der Waals surface area contributed by atoms with Gasteiger partial charge in [0.2, 0.25) is 0 Å². The highest BCUT2D eigenvalue weighted by Gasteiger charge is 1.85. The van der Waals surface area contributed by atoms with Crippen LogP contribution >= 0.6 is 8.25 Å². The number of hydrogen-bond donors (Lipinski definition) is 1. The third-order valence-electron chi connectivity index (χ3n) is 0.760. The van der Waals surface area contributed by atoms with Crippen LogP contribution in [0.3, 0.4) is 0 Å². The van der Waals surface area contributed by atoms with Crippen LogP contribution in [0.2, 0.25) is 0 Å². The number of unbranched alkanes of at least 4 members (excludes halogenated alkanes) is 1. The van der Waals surface area contributed by atoms with Gasteiger partial charge >= 0.3 is 8.25 Å². The molecule has 5 heteroatoms. The van der Waals surface area contributed by atoms with Crippen molar-refractivity contribution in [3.05, 3.63) is 0 Å². The van der Waals surface area contributed by atoms with Crippen molar-refractivity contribution in [3.63, 3.8) is 0 Å². The fourth-order valence-electron chi connectivity index (χ4n) is 0.0940. The minimum atomic E-state index is -2.87. The van der Waals surface area contributed by atoms with Gasteiger partial charge in [-0.25, -0.2) is 0 Å². The minimum Gasteiger partial charge on any atom is -0.326 e. The molecule has 1 unspecified atom stereocenters. The Morgan fingerprint density at radius 2 is 2.00 bits per heavy atom. The zero-order valence-corrected chi connectivity index (χ0v) is 7.83. The lowest BCUT2D eigenvalue weighted by atomic mass is 10.4. The maximum Gasteiger partial charge on any atom is 0.317 e. The Bertz CT molecular complexity index is 130. The SMILES string of the molecule is CCCC.N#CCO[PH](=O)O. The van der Waals surface area contributed by atoms with E-state index in [2.05, 4.69) is 18.4 Å². The second-order valence-electron chi connectivity index (χ2n) is 1.71. The fraction of sp³-hybridized carbons (Fsp3) is 0.833. The largest absolute Gasteiger partial charge is 0.326 e. The van der Waals surface area contributed by atoms with E-state index in [1.54, 1.807) is 6.07 Å². The van der Waals surface area contributed by atoms with E-state index >= 15 is 0 Å². The summed E-state index contributed by atoms with van der Waals surface area (Å²) in [4.78, 5) is 7.86. The van der Waals surface area contributed by atoms with Crippen LogP contribution in [-0.4, -0.2) is 11.5 Å². The van der Waals surface area contributed by atoms with Crippen molar-refractivity contribution >= 4 is 8.25 Å². The van der Waals surface area contributed by atoms with E-state index < -0.39 is 8.25 Å². The molecule has 0 fully saturated rings. The molecule has 0 saturated heterocycles. The van der Waals surface area contributed by atoms with Gasteiger partial charge in [-0.1, -0.05) is 26.7 Å². The molecule has 4 nitrogen and oxygen atoms in total. The van der Waals surface area contributed by atoms with Crippen molar-refractivity contribution in [1.82, 2.24) is 0 Å². The van der Waals surface area contributed by atoms with Gasteiger partial charge in [0, 0.05) is 0 Å². The van der Waals surface area contributed by atoms with Crippen molar-refractivity contribution in [2.24, 2.45) is 0 Å². The maximum atomic E-state index is 9.57. The average Bonchev–Trinajstić information content (AvgIpc) is 2.01. The van der Waals surface area contributed by atoms with Crippen molar-refractivity contribution in [2.75, 3.05) is 6.61 Å². The topological polar surface area (TPSA) is 70.3 Å². The zero-order chi connectivity index (χ0) is 9.11. The van der Waals surface area contributed by atoms with Crippen LogP contribution in [0.5, 0.6) is 0 Å². The van der Waals surface area contributed by atoms with Gasteiger partial charge < -0.3 is 4.89 Å². The van der Waals surface area contributed by atoms with Gasteiger partial charge in [-0.15, -0.1) is 0 Å². The van der Waals surface area contributed by atoms with Crippen molar-refractivity contribution in [2.45, 2.75) is 26.7 Å². The number of rotatable bonds is 3. The summed E-state index contributed by atoms with van der Waals surface area (Å²) in [5, 5.41) is 7.71. The van der Waals surface area contributed by atoms with E-state index in [9.17, 15) is 4.57 Å². The van der Waals surface area contributed by atoms with Gasteiger partial charge in [0.05, 0.1) is 6.07 Å². The maximum absolute atomic E-state index is 9.57. The van der Waals surface area contributed by atoms with E-state index in [1.807, 2.05) is 0 Å². The van der Waals surface area contributed by atoms with Crippen LogP contribution in [0.15, 0.2) is 0 Å². The molecule has 0 amide bonds. The Hall–Kier alpha value is -0.360. The van der Waals surface area contributed by atoms with Crippen molar-refractivity contribution in [3.8, 4) is 6.07 Å². The van der Waals surface area contributed by atoms with E-state index in [1.165, 1.54) is 12.8 Å². The quantitative estimate of drug-likeness (QED) is 0.669. The smallest absolute Gasteiger partial charge is 0.317 e. The van der Waals surface area contributed by atoms with Crippen molar-refractivity contribution < 1.29 is 14.0 Å². The lowest BCUT2D eigenvalue weighted by molar-refractivity contribution is 0.316. The molecular formula is C6H14NO3P. The normalized spacial score (nSPS) is 10.7. The predicted molar refractivity (Wildman–Crippen MR) is 43.4 cm³/mol. The Morgan fingerprint density at radius 3 is 2.09 bits per heavy atom. The fourth-order valence-corrected chi connectivity index (χ4v) is 0.282. The first kappa shape index (κ1) is 13.2. The number of nitriles is 1. The van der Waals surface area contributed by atoms with Crippen LogP contribution in [0.25, 0.3) is 0 Å². The van der Waals surface area contributed by atoms with E-state index in [0.29, 0.717) is 0 Å². The first-order valence-corrected chi connectivity index (χ1v) is 4.68. The summed E-state index contributed by atoms with van der Waals surface area (Å²) < 4.78 is 13.5. The van der Waals surface area contributed by atoms with Gasteiger partial charge in [0.25, 0.3) is 0 Å². The first-order chi connectivity index (χ1) is 5.18. The van der Waals surface area contributed by atoms with Gasteiger partial charge in [-0.05, 0) is 0 Å². The summed E-state index contributed by atoms with van der Waals surface area (Å²) in [7, 11) is -2.87. The van der Waals surface area contributed by atoms with Crippen LogP contribution in [-0.2, 0) is 9.09 Å². The molecule has 0 aromatic carbocycles. The monoisotopic (exact) mass is 179 g/mol. The molecule has 0 heterocycles. The highest BCUT2D eigenvalue weighted by atomic mass is 31.1. The van der Waals surface area contributed by atoms with E-state index in [-0.39, 0.29) is 6.61 Å². The predicted octanol–water partition coefficient (Wildman–Crippen LogP) is 1.71. The molecule has 0 aliphatic heterocycles. The Labute approximate surface area is 67.7 Å². The standard InChI is InChI=1S/C4H10.C2H4NO3P/c1-3-4-2;3-1-2-6-7(4)5/h3-4H2,1-2H3;7H,2H2,(H,4,5). The molecule has 0 radical (unpaired) electrons. The molecule has 0 aliphatic rings. The van der Waals surface area contributed by atoms with Gasteiger partial charge in [0.1, 0.15) is 6.61 Å². The summed E-state index contributed by atoms with van der Waals surface area (Å²) >= 11 is 0. The molecule has 0 bridgehead atoms. The molecule has 66 valence electrons. The third kappa shape index (κ3) is 26.1. The van der Waals surface area contributed by atoms with Crippen molar-refractivity contribution in [1.29, 1.82) is 5.26 Å². The molecule has 0 aliphatic carbocycles. The second-order valence-corrected chi connectivity index (χ2v) is 2.53. The molecule has 0 rings (SSSR count). The van der Waals surface area contributed by atoms with E-state index in [4.69, 9.17) is 10.2 Å². The summed E-state index contributed by atoms with van der Waals surface area (Å²) in [6.07, 6.45) is 2.64. The van der Waals surface area contributed by atoms with Gasteiger partial charge in [-0.2, -0.15) is 5.26 Å². The second kappa shape index (κ2) is 12.3. The number of nitrogens with zero attached hydrogens (tertiary/aromatic N) is 1. The Kier molecular flexibility index (Phi) is 14.8. The van der Waals surface area contributed by atoms with Gasteiger partial charge in [0.15, 0.2) is 0 Å². The van der Waals surface area contributed by atoms with Crippen LogP contribution in [0.1, 0.15) is 26.7 Å². The summed E-state index contributed by atoms with van der Waals surface area (Å²) in [6, 6.07) is 1.54.